The molecule has 0 fully saturated rings. The third-order valence-corrected chi connectivity index (χ3v) is 4.14. The van der Waals surface area contributed by atoms with E-state index >= 15 is 0 Å². The van der Waals surface area contributed by atoms with Crippen molar-refractivity contribution in [1.29, 1.82) is 0 Å². The van der Waals surface area contributed by atoms with Gasteiger partial charge in [-0.2, -0.15) is 0 Å². The summed E-state index contributed by atoms with van der Waals surface area (Å²) in [5.74, 6) is -0.893. The van der Waals surface area contributed by atoms with Crippen molar-refractivity contribution in [3.63, 3.8) is 0 Å². The molecule has 0 radical (unpaired) electrons. The lowest BCUT2D eigenvalue weighted by Crippen LogP contribution is -2.15. The molecular weight excluding hydrogens is 246 g/mol. The first-order valence-electron chi connectivity index (χ1n) is 5.55. The molecule has 1 aliphatic rings. The Balaban J connectivity index is 2.14. The Labute approximate surface area is 109 Å². The molecule has 0 bridgehead atoms. The molecule has 18 heavy (non-hydrogen) atoms. The fraction of sp³-hybridized carbons (Fsp3) is 0.0714. The van der Waals surface area contributed by atoms with Gasteiger partial charge in [-0.25, -0.2) is 4.79 Å². The van der Waals surface area contributed by atoms with Gasteiger partial charge in [-0.05, 0) is 30.3 Å². The summed E-state index contributed by atoms with van der Waals surface area (Å²) in [6.07, 6.45) is 0. The van der Waals surface area contributed by atoms with Crippen molar-refractivity contribution < 1.29 is 9.90 Å². The summed E-state index contributed by atoms with van der Waals surface area (Å²) in [5, 5.41) is 9.04. The van der Waals surface area contributed by atoms with E-state index in [0.717, 1.165) is 16.3 Å². The van der Waals surface area contributed by atoms with Crippen LogP contribution in [-0.4, -0.2) is 18.1 Å². The van der Waals surface area contributed by atoms with Gasteiger partial charge in [0.05, 0.1) is 16.9 Å². The first-order chi connectivity index (χ1) is 8.66. The Kier molecular flexibility index (Phi) is 2.52. The van der Waals surface area contributed by atoms with E-state index in [9.17, 15) is 4.79 Å². The third-order valence-electron chi connectivity index (χ3n) is 3.01. The summed E-state index contributed by atoms with van der Waals surface area (Å²) in [5.41, 5.74) is 2.37. The quantitative estimate of drug-likeness (QED) is 0.847. The molecule has 4 heteroatoms. The number of aromatic carboxylic acids is 1. The highest BCUT2D eigenvalue weighted by Crippen LogP contribution is 2.47. The number of hydrogen-bond acceptors (Lipinski definition) is 3. The van der Waals surface area contributed by atoms with E-state index in [1.54, 1.807) is 23.9 Å². The molecule has 0 aromatic heterocycles. The van der Waals surface area contributed by atoms with Crippen molar-refractivity contribution >= 4 is 29.1 Å². The monoisotopic (exact) mass is 257 g/mol. The normalized spacial score (nSPS) is 12.8. The molecule has 1 heterocycles. The number of hydrogen-bond donors (Lipinski definition) is 1. The SMILES string of the molecule is CN1c2ccccc2Sc2ccc(C(=O)O)cc21. The van der Waals surface area contributed by atoms with Gasteiger partial charge in [0.1, 0.15) is 0 Å². The van der Waals surface area contributed by atoms with Crippen molar-refractivity contribution in [2.45, 2.75) is 9.79 Å². The number of nitrogens with zero attached hydrogens (tertiary/aromatic N) is 1. The van der Waals surface area contributed by atoms with Gasteiger partial charge < -0.3 is 10.0 Å². The van der Waals surface area contributed by atoms with Gasteiger partial charge in [0.25, 0.3) is 0 Å². The third kappa shape index (κ3) is 1.66. The van der Waals surface area contributed by atoms with Crippen LogP contribution < -0.4 is 4.90 Å². The Bertz CT molecular complexity index is 639. The van der Waals surface area contributed by atoms with E-state index in [1.165, 1.54) is 4.90 Å². The van der Waals surface area contributed by atoms with E-state index in [-0.39, 0.29) is 0 Å². The van der Waals surface area contributed by atoms with Gasteiger partial charge in [0.2, 0.25) is 0 Å². The van der Waals surface area contributed by atoms with Crippen LogP contribution in [0.1, 0.15) is 10.4 Å². The number of benzene rings is 2. The zero-order valence-electron chi connectivity index (χ0n) is 9.75. The highest BCUT2D eigenvalue weighted by Gasteiger charge is 2.21. The maximum absolute atomic E-state index is 11.0. The number of para-hydroxylation sites is 1. The van der Waals surface area contributed by atoms with Crippen LogP contribution in [0.2, 0.25) is 0 Å². The summed E-state index contributed by atoms with van der Waals surface area (Å²) in [6.45, 7) is 0. The van der Waals surface area contributed by atoms with Gasteiger partial charge in [0, 0.05) is 16.8 Å². The number of carboxylic acids is 1. The first-order valence-corrected chi connectivity index (χ1v) is 6.36. The Hall–Kier alpha value is -1.94. The van der Waals surface area contributed by atoms with E-state index in [2.05, 4.69) is 6.07 Å². The van der Waals surface area contributed by atoms with Crippen molar-refractivity contribution in [3.05, 3.63) is 48.0 Å². The van der Waals surface area contributed by atoms with Gasteiger partial charge in [-0.1, -0.05) is 23.9 Å². The summed E-state index contributed by atoms with van der Waals surface area (Å²) in [6, 6.07) is 13.4. The van der Waals surface area contributed by atoms with E-state index in [1.807, 2.05) is 36.2 Å². The molecule has 90 valence electrons. The molecule has 0 saturated carbocycles. The number of carbonyl (C=O) groups is 1. The van der Waals surface area contributed by atoms with E-state index in [4.69, 9.17) is 5.11 Å². The summed E-state index contributed by atoms with van der Waals surface area (Å²) in [4.78, 5) is 15.3. The maximum Gasteiger partial charge on any atom is 0.335 e. The molecule has 3 rings (SSSR count). The van der Waals surface area contributed by atoms with Crippen molar-refractivity contribution in [1.82, 2.24) is 0 Å². The standard InChI is InChI=1S/C14H11NO2S/c1-15-10-4-2-3-5-12(10)18-13-7-6-9(14(16)17)8-11(13)15/h2-8H,1H3,(H,16,17). The summed E-state index contributed by atoms with van der Waals surface area (Å²) in [7, 11) is 1.96. The minimum atomic E-state index is -0.893. The molecule has 0 spiro atoms. The molecule has 2 aromatic carbocycles. The van der Waals surface area contributed by atoms with Gasteiger partial charge in [-0.15, -0.1) is 0 Å². The zero-order valence-corrected chi connectivity index (χ0v) is 10.6. The lowest BCUT2D eigenvalue weighted by Gasteiger charge is -2.29. The minimum Gasteiger partial charge on any atom is -0.478 e. The highest BCUT2D eigenvalue weighted by atomic mass is 32.2. The van der Waals surface area contributed by atoms with Crippen LogP contribution in [-0.2, 0) is 0 Å². The van der Waals surface area contributed by atoms with Gasteiger partial charge in [0.15, 0.2) is 0 Å². The molecule has 0 saturated heterocycles. The van der Waals surface area contributed by atoms with Crippen LogP contribution in [0.3, 0.4) is 0 Å². The van der Waals surface area contributed by atoms with Gasteiger partial charge in [-0.3, -0.25) is 0 Å². The molecule has 1 N–H and O–H groups in total. The predicted molar refractivity (Wildman–Crippen MR) is 72.0 cm³/mol. The zero-order chi connectivity index (χ0) is 12.7. The molecule has 0 aliphatic carbocycles. The van der Waals surface area contributed by atoms with E-state index < -0.39 is 5.97 Å². The van der Waals surface area contributed by atoms with Crippen molar-refractivity contribution in [2.75, 3.05) is 11.9 Å². The molecule has 2 aromatic rings. The minimum absolute atomic E-state index is 0.320. The topological polar surface area (TPSA) is 40.5 Å². The van der Waals surface area contributed by atoms with E-state index in [0.29, 0.717) is 5.56 Å². The number of anilines is 2. The molecule has 0 amide bonds. The Morgan fingerprint density at radius 3 is 2.61 bits per heavy atom. The first kappa shape index (κ1) is 11.2. The fourth-order valence-electron chi connectivity index (χ4n) is 2.07. The van der Waals surface area contributed by atoms with Crippen LogP contribution in [0.4, 0.5) is 11.4 Å². The Morgan fingerprint density at radius 2 is 1.83 bits per heavy atom. The number of carboxylic acid groups (broad SMARTS) is 1. The second-order valence-corrected chi connectivity index (χ2v) is 5.20. The number of fused-ring (bicyclic) bond motifs is 2. The molecule has 3 nitrogen and oxygen atoms in total. The molecule has 0 atom stereocenters. The summed E-state index contributed by atoms with van der Waals surface area (Å²) < 4.78 is 0. The van der Waals surface area contributed by atoms with Crippen LogP contribution in [0.5, 0.6) is 0 Å². The van der Waals surface area contributed by atoms with Crippen molar-refractivity contribution in [2.24, 2.45) is 0 Å². The van der Waals surface area contributed by atoms with Crippen LogP contribution in [0.25, 0.3) is 0 Å². The van der Waals surface area contributed by atoms with Crippen LogP contribution in [0, 0.1) is 0 Å². The largest absolute Gasteiger partial charge is 0.478 e. The smallest absolute Gasteiger partial charge is 0.335 e. The predicted octanol–water partition coefficient (Wildman–Crippen LogP) is 3.62. The fourth-order valence-corrected chi connectivity index (χ4v) is 3.20. The average Bonchev–Trinajstić information content (AvgIpc) is 2.38. The average molecular weight is 257 g/mol. The second kappa shape index (κ2) is 4.07. The second-order valence-electron chi connectivity index (χ2n) is 4.12. The van der Waals surface area contributed by atoms with Crippen LogP contribution >= 0.6 is 11.8 Å². The molecule has 0 unspecified atom stereocenters. The number of rotatable bonds is 1. The summed E-state index contributed by atoms with van der Waals surface area (Å²) >= 11 is 1.67. The lowest BCUT2D eigenvalue weighted by atomic mass is 10.1. The molecule has 1 aliphatic heterocycles. The Morgan fingerprint density at radius 1 is 1.11 bits per heavy atom. The van der Waals surface area contributed by atoms with Crippen LogP contribution in [0.15, 0.2) is 52.3 Å². The van der Waals surface area contributed by atoms with Crippen molar-refractivity contribution in [3.8, 4) is 0 Å². The maximum atomic E-state index is 11.0. The highest BCUT2D eigenvalue weighted by molar-refractivity contribution is 7.99. The lowest BCUT2D eigenvalue weighted by molar-refractivity contribution is 0.0697. The van der Waals surface area contributed by atoms with Gasteiger partial charge >= 0.3 is 5.97 Å². The molecular formula is C14H11NO2S.